The van der Waals surface area contributed by atoms with Crippen LogP contribution in [0.3, 0.4) is 0 Å². The van der Waals surface area contributed by atoms with Crippen molar-refractivity contribution < 1.29 is 37.0 Å². The van der Waals surface area contributed by atoms with Crippen LogP contribution in [0.25, 0.3) is 0 Å². The predicted molar refractivity (Wildman–Crippen MR) is 138 cm³/mol. The molecule has 1 aliphatic rings. The first-order valence-corrected chi connectivity index (χ1v) is 13.2. The highest BCUT2D eigenvalue weighted by molar-refractivity contribution is 7.08. The van der Waals surface area contributed by atoms with Crippen molar-refractivity contribution in [3.63, 3.8) is 0 Å². The van der Waals surface area contributed by atoms with Crippen LogP contribution in [0.4, 0.5) is 13.2 Å². The lowest BCUT2D eigenvalue weighted by molar-refractivity contribution is -0.274. The molecule has 0 spiro atoms. The van der Waals surface area contributed by atoms with Crippen molar-refractivity contribution in [1.82, 2.24) is 9.47 Å². The molecule has 0 radical (unpaired) electrons. The van der Waals surface area contributed by atoms with Gasteiger partial charge in [-0.1, -0.05) is 12.1 Å². The summed E-state index contributed by atoms with van der Waals surface area (Å²) in [7, 11) is 0. The number of alkyl halides is 3. The summed E-state index contributed by atoms with van der Waals surface area (Å²) in [5, 5.41) is 3.74. The van der Waals surface area contributed by atoms with Gasteiger partial charge in [0.25, 0.3) is 5.91 Å². The number of primary amides is 1. The molecule has 2 N–H and O–H groups in total. The largest absolute Gasteiger partial charge is 0.573 e. The van der Waals surface area contributed by atoms with Crippen LogP contribution in [0.15, 0.2) is 47.2 Å². The summed E-state index contributed by atoms with van der Waals surface area (Å²) < 4.78 is 49.4. The Bertz CT molecular complexity index is 1330. The molecule has 0 saturated carbocycles. The van der Waals surface area contributed by atoms with Gasteiger partial charge >= 0.3 is 6.36 Å². The van der Waals surface area contributed by atoms with Crippen LogP contribution in [-0.4, -0.2) is 59.2 Å². The van der Waals surface area contributed by atoms with Crippen molar-refractivity contribution in [2.75, 3.05) is 19.7 Å². The fourth-order valence-corrected chi connectivity index (χ4v) is 5.24. The van der Waals surface area contributed by atoms with Gasteiger partial charge in [0.15, 0.2) is 5.78 Å². The topological polar surface area (TPSA) is 104 Å². The zero-order valence-corrected chi connectivity index (χ0v) is 22.0. The van der Waals surface area contributed by atoms with Crippen LogP contribution in [-0.2, 0) is 22.5 Å². The molecule has 1 atom stereocenters. The molecule has 1 aliphatic heterocycles. The molecule has 1 saturated heterocycles. The fraction of sp³-hybridized carbons (Fsp3) is 0.370. The summed E-state index contributed by atoms with van der Waals surface area (Å²) in [6.07, 6.45) is -3.28. The van der Waals surface area contributed by atoms with Crippen LogP contribution >= 0.6 is 11.3 Å². The number of amides is 2. The first-order valence-electron chi connectivity index (χ1n) is 12.3. The first-order chi connectivity index (χ1) is 18.5. The van der Waals surface area contributed by atoms with Gasteiger partial charge < -0.3 is 24.7 Å². The number of hydrogen-bond donors (Lipinski definition) is 1. The van der Waals surface area contributed by atoms with Crippen molar-refractivity contribution in [3.05, 3.63) is 75.2 Å². The normalized spacial score (nSPS) is 15.3. The number of aromatic nitrogens is 1. The highest BCUT2D eigenvalue weighted by Crippen LogP contribution is 2.25. The van der Waals surface area contributed by atoms with E-state index in [1.165, 1.54) is 45.1 Å². The Morgan fingerprint density at radius 2 is 2.00 bits per heavy atom. The highest BCUT2D eigenvalue weighted by Gasteiger charge is 2.31. The number of halogens is 3. The number of carbonyl (C=O) groups excluding carboxylic acids is 3. The van der Waals surface area contributed by atoms with Crippen LogP contribution < -0.4 is 10.5 Å². The summed E-state index contributed by atoms with van der Waals surface area (Å²) in [6, 6.07) is 8.57. The van der Waals surface area contributed by atoms with Gasteiger partial charge in [-0.3, -0.25) is 14.4 Å². The van der Waals surface area contributed by atoms with Crippen LogP contribution in [0.2, 0.25) is 0 Å². The Morgan fingerprint density at radius 3 is 2.64 bits per heavy atom. The predicted octanol–water partition coefficient (Wildman–Crippen LogP) is 4.34. The van der Waals surface area contributed by atoms with E-state index in [2.05, 4.69) is 4.74 Å². The number of ketones is 1. The molecule has 208 valence electrons. The molecule has 1 unspecified atom stereocenters. The Labute approximate surface area is 227 Å². The number of Topliss-reactive ketones (excluding diaryl/α,β-unsaturated/α-hetero) is 1. The van der Waals surface area contributed by atoms with E-state index < -0.39 is 23.8 Å². The van der Waals surface area contributed by atoms with Crippen molar-refractivity contribution in [2.24, 2.45) is 5.73 Å². The van der Waals surface area contributed by atoms with Gasteiger partial charge in [0.2, 0.25) is 5.91 Å². The van der Waals surface area contributed by atoms with Gasteiger partial charge in [0, 0.05) is 25.4 Å². The summed E-state index contributed by atoms with van der Waals surface area (Å²) in [5.41, 5.74) is 7.38. The third-order valence-corrected chi connectivity index (χ3v) is 7.19. The van der Waals surface area contributed by atoms with Crippen molar-refractivity contribution in [3.8, 4) is 5.75 Å². The molecule has 4 rings (SSSR count). The number of carbonyl (C=O) groups is 3. The minimum atomic E-state index is -4.86. The quantitative estimate of drug-likeness (QED) is 0.350. The first kappa shape index (κ1) is 28.4. The highest BCUT2D eigenvalue weighted by atomic mass is 32.1. The second kappa shape index (κ2) is 12.0. The second-order valence-corrected chi connectivity index (χ2v) is 10.1. The van der Waals surface area contributed by atoms with E-state index in [4.69, 9.17) is 10.5 Å². The van der Waals surface area contributed by atoms with E-state index in [1.54, 1.807) is 13.0 Å². The lowest BCUT2D eigenvalue weighted by Gasteiger charge is -2.25. The maximum Gasteiger partial charge on any atom is 0.573 e. The summed E-state index contributed by atoms with van der Waals surface area (Å²) in [5.74, 6) is -1.84. The summed E-state index contributed by atoms with van der Waals surface area (Å²) in [4.78, 5) is 40.4. The maximum atomic E-state index is 13.6. The molecular formula is C27H28F3N3O5S. The lowest BCUT2D eigenvalue weighted by Crippen LogP contribution is -2.42. The van der Waals surface area contributed by atoms with Crippen LogP contribution in [0, 0.1) is 6.92 Å². The van der Waals surface area contributed by atoms with Gasteiger partial charge in [0.05, 0.1) is 30.3 Å². The Kier molecular flexibility index (Phi) is 8.76. The van der Waals surface area contributed by atoms with Crippen molar-refractivity contribution >= 4 is 28.9 Å². The van der Waals surface area contributed by atoms with Crippen molar-refractivity contribution in [2.45, 2.75) is 45.2 Å². The number of nitrogens with two attached hydrogens (primary N) is 1. The van der Waals surface area contributed by atoms with Gasteiger partial charge in [-0.15, -0.1) is 13.2 Å². The molecule has 1 fully saturated rings. The molecule has 3 aromatic rings. The Morgan fingerprint density at radius 1 is 1.21 bits per heavy atom. The lowest BCUT2D eigenvalue weighted by atomic mass is 10.1. The minimum Gasteiger partial charge on any atom is -0.406 e. The Hall–Kier alpha value is -3.64. The molecule has 8 nitrogen and oxygen atoms in total. The van der Waals surface area contributed by atoms with E-state index in [0.29, 0.717) is 17.9 Å². The van der Waals surface area contributed by atoms with Crippen LogP contribution in [0.5, 0.6) is 5.75 Å². The zero-order valence-electron chi connectivity index (χ0n) is 21.2. The third-order valence-electron chi connectivity index (χ3n) is 6.46. The van der Waals surface area contributed by atoms with Crippen molar-refractivity contribution in [1.29, 1.82) is 0 Å². The van der Waals surface area contributed by atoms with E-state index in [1.807, 2.05) is 16.8 Å². The number of hydrogen-bond acceptors (Lipinski definition) is 6. The van der Waals surface area contributed by atoms with Gasteiger partial charge in [-0.25, -0.2) is 0 Å². The van der Waals surface area contributed by atoms with E-state index in [-0.39, 0.29) is 49.3 Å². The standard InChI is InChI=1S/C27H28F3N3O5S/c1-17-22(26(31)36)12-23(33(17)13-18-4-2-5-20(10-18)38-27(28,29)30)24(34)15-32(14-21-6-3-8-37-21)25(35)11-19-7-9-39-16-19/h2,4-5,7,9-10,12,16,21H,3,6,8,11,13-15H2,1H3,(H2,31,36). The van der Waals surface area contributed by atoms with Gasteiger partial charge in [-0.2, -0.15) is 11.3 Å². The Balaban J connectivity index is 1.61. The second-order valence-electron chi connectivity index (χ2n) is 9.32. The number of thiophene rings is 1. The number of rotatable bonds is 11. The fourth-order valence-electron chi connectivity index (χ4n) is 4.58. The zero-order chi connectivity index (χ0) is 28.2. The monoisotopic (exact) mass is 563 g/mol. The maximum absolute atomic E-state index is 13.6. The smallest absolute Gasteiger partial charge is 0.406 e. The number of benzene rings is 1. The van der Waals surface area contributed by atoms with Crippen LogP contribution in [0.1, 0.15) is 50.5 Å². The molecular weight excluding hydrogens is 535 g/mol. The number of ether oxygens (including phenoxy) is 2. The van der Waals surface area contributed by atoms with Gasteiger partial charge in [-0.05, 0) is 65.9 Å². The molecule has 12 heteroatoms. The summed E-state index contributed by atoms with van der Waals surface area (Å²) in [6.45, 7) is 2.14. The average Bonchev–Trinajstić information content (AvgIpc) is 3.61. The molecule has 2 amide bonds. The minimum absolute atomic E-state index is 0.0240. The van der Waals surface area contributed by atoms with Gasteiger partial charge in [0.1, 0.15) is 5.75 Å². The molecule has 0 aliphatic carbocycles. The molecule has 3 heterocycles. The molecule has 0 bridgehead atoms. The van der Waals surface area contributed by atoms with E-state index in [9.17, 15) is 27.6 Å². The SMILES string of the molecule is Cc1c(C(N)=O)cc(C(=O)CN(CC2CCCO2)C(=O)Cc2ccsc2)n1Cc1cccc(OC(F)(F)F)c1. The number of nitrogens with zero attached hydrogens (tertiary/aromatic N) is 2. The third kappa shape index (κ3) is 7.48. The molecule has 39 heavy (non-hydrogen) atoms. The molecule has 2 aromatic heterocycles. The van der Waals surface area contributed by atoms with E-state index in [0.717, 1.165) is 18.4 Å². The van der Waals surface area contributed by atoms with E-state index >= 15 is 0 Å². The summed E-state index contributed by atoms with van der Waals surface area (Å²) >= 11 is 1.47. The molecule has 1 aromatic carbocycles. The average molecular weight is 564 g/mol.